The van der Waals surface area contributed by atoms with Crippen LogP contribution >= 0.6 is 0 Å². The van der Waals surface area contributed by atoms with Gasteiger partial charge in [0, 0.05) is 46.8 Å². The van der Waals surface area contributed by atoms with Crippen molar-refractivity contribution in [1.29, 1.82) is 0 Å². The minimum Gasteiger partial charge on any atom is -0.492 e. The molecule has 1 heterocycles. The summed E-state index contributed by atoms with van der Waals surface area (Å²) in [5.74, 6) is -0.470. The van der Waals surface area contributed by atoms with E-state index >= 15 is 0 Å². The van der Waals surface area contributed by atoms with Gasteiger partial charge in [-0.3, -0.25) is 4.90 Å². The molecule has 0 amide bonds. The molecule has 1 aromatic rings. The van der Waals surface area contributed by atoms with Crippen LogP contribution in [-0.2, 0) is 10.2 Å². The Labute approximate surface area is 142 Å². The Morgan fingerprint density at radius 3 is 2.50 bits per heavy atom. The van der Waals surface area contributed by atoms with Crippen molar-refractivity contribution in [3.63, 3.8) is 0 Å². The fraction of sp³-hybridized carbons (Fsp3) is 0.533. The lowest BCUT2D eigenvalue weighted by molar-refractivity contribution is 0.0696. The van der Waals surface area contributed by atoms with Crippen LogP contribution in [0.25, 0.3) is 0 Å². The summed E-state index contributed by atoms with van der Waals surface area (Å²) in [4.78, 5) is 13.0. The predicted molar refractivity (Wildman–Crippen MR) is 89.5 cm³/mol. The van der Waals surface area contributed by atoms with Crippen LogP contribution in [0.1, 0.15) is 10.4 Å². The maximum atomic E-state index is 12.0. The normalized spacial score (nSPS) is 17.1. The molecule has 0 aliphatic carbocycles. The number of carboxylic acid groups (broad SMARTS) is 1. The lowest BCUT2D eigenvalue weighted by atomic mass is 10.2. The van der Waals surface area contributed by atoms with Gasteiger partial charge in [0.15, 0.2) is 0 Å². The number of hydrogen-bond donors (Lipinski definition) is 1. The van der Waals surface area contributed by atoms with Gasteiger partial charge in [0.05, 0.1) is 5.56 Å². The molecule has 0 bridgehead atoms. The van der Waals surface area contributed by atoms with Crippen LogP contribution in [0.2, 0.25) is 0 Å². The van der Waals surface area contributed by atoms with E-state index in [1.807, 2.05) is 0 Å². The summed E-state index contributed by atoms with van der Waals surface area (Å²) < 4.78 is 32.4. The van der Waals surface area contributed by atoms with Gasteiger partial charge < -0.3 is 9.84 Å². The highest BCUT2D eigenvalue weighted by molar-refractivity contribution is 7.86. The molecule has 0 aromatic heterocycles. The van der Waals surface area contributed by atoms with E-state index in [1.165, 1.54) is 34.8 Å². The van der Waals surface area contributed by atoms with Crippen LogP contribution < -0.4 is 4.74 Å². The number of rotatable bonds is 7. The van der Waals surface area contributed by atoms with Crippen LogP contribution in [0.15, 0.2) is 24.3 Å². The Balaban J connectivity index is 1.77. The van der Waals surface area contributed by atoms with Crippen molar-refractivity contribution < 1.29 is 23.1 Å². The average molecular weight is 357 g/mol. The molecule has 8 nitrogen and oxygen atoms in total. The first kappa shape index (κ1) is 18.7. The summed E-state index contributed by atoms with van der Waals surface area (Å²) in [6.45, 7) is 3.28. The molecule has 1 N–H and O–H groups in total. The van der Waals surface area contributed by atoms with E-state index in [0.29, 0.717) is 45.1 Å². The first-order chi connectivity index (χ1) is 11.3. The van der Waals surface area contributed by atoms with Gasteiger partial charge in [0.2, 0.25) is 0 Å². The maximum absolute atomic E-state index is 12.0. The molecule has 1 aliphatic rings. The van der Waals surface area contributed by atoms with E-state index < -0.39 is 16.2 Å². The van der Waals surface area contributed by atoms with E-state index in [0.717, 1.165) is 0 Å². The molecule has 0 unspecified atom stereocenters. The van der Waals surface area contributed by atoms with Crippen LogP contribution in [0.3, 0.4) is 0 Å². The van der Waals surface area contributed by atoms with Crippen molar-refractivity contribution in [2.45, 2.75) is 0 Å². The molecule has 2 rings (SSSR count). The third-order valence-corrected chi connectivity index (χ3v) is 5.82. The largest absolute Gasteiger partial charge is 0.492 e. The summed E-state index contributed by atoms with van der Waals surface area (Å²) >= 11 is 0. The highest BCUT2D eigenvalue weighted by atomic mass is 32.2. The number of carbonyl (C=O) groups is 1. The van der Waals surface area contributed by atoms with Gasteiger partial charge in [-0.1, -0.05) is 6.07 Å². The van der Waals surface area contributed by atoms with Crippen LogP contribution in [-0.4, -0.2) is 86.4 Å². The Morgan fingerprint density at radius 2 is 1.92 bits per heavy atom. The van der Waals surface area contributed by atoms with Gasteiger partial charge in [-0.25, -0.2) is 4.79 Å². The zero-order valence-corrected chi connectivity index (χ0v) is 14.7. The summed E-state index contributed by atoms with van der Waals surface area (Å²) in [6, 6.07) is 6.36. The Kier molecular flexibility index (Phi) is 6.16. The number of nitrogens with zero attached hydrogens (tertiary/aromatic N) is 3. The van der Waals surface area contributed by atoms with Crippen molar-refractivity contribution >= 4 is 16.2 Å². The van der Waals surface area contributed by atoms with E-state index in [1.54, 1.807) is 12.1 Å². The number of ether oxygens (including phenoxy) is 1. The number of hydrogen-bond acceptors (Lipinski definition) is 5. The van der Waals surface area contributed by atoms with Crippen molar-refractivity contribution in [1.82, 2.24) is 13.5 Å². The van der Waals surface area contributed by atoms with E-state index in [2.05, 4.69) is 4.90 Å². The van der Waals surface area contributed by atoms with Crippen LogP contribution in [0, 0.1) is 0 Å². The lowest BCUT2D eigenvalue weighted by Crippen LogP contribution is -2.52. The monoisotopic (exact) mass is 357 g/mol. The van der Waals surface area contributed by atoms with E-state index in [4.69, 9.17) is 9.84 Å². The number of benzene rings is 1. The van der Waals surface area contributed by atoms with Crippen LogP contribution in [0.5, 0.6) is 5.75 Å². The van der Waals surface area contributed by atoms with Gasteiger partial charge in [0.25, 0.3) is 10.2 Å². The average Bonchev–Trinajstić information content (AvgIpc) is 2.55. The summed E-state index contributed by atoms with van der Waals surface area (Å²) in [6.07, 6.45) is 0. The van der Waals surface area contributed by atoms with Crippen molar-refractivity contribution in [2.24, 2.45) is 0 Å². The zero-order valence-electron chi connectivity index (χ0n) is 13.9. The summed E-state index contributed by atoms with van der Waals surface area (Å²) in [5, 5.41) is 8.95. The lowest BCUT2D eigenvalue weighted by Gasteiger charge is -2.34. The first-order valence-electron chi connectivity index (χ1n) is 7.67. The predicted octanol–water partition coefficient (Wildman–Crippen LogP) is 0.188. The zero-order chi connectivity index (χ0) is 17.7. The Morgan fingerprint density at radius 1 is 1.25 bits per heavy atom. The number of piperazine rings is 1. The highest BCUT2D eigenvalue weighted by Crippen LogP contribution is 2.14. The van der Waals surface area contributed by atoms with Gasteiger partial charge >= 0.3 is 5.97 Å². The standard InChI is InChI=1S/C15H23N3O5S/c1-16(2)24(21,22)18-8-6-17(7-9-18)10-11-23-14-5-3-4-13(12-14)15(19)20/h3-5,12H,6-11H2,1-2H3,(H,19,20). The molecule has 1 aromatic carbocycles. The van der Waals surface area contributed by atoms with Gasteiger partial charge in [-0.05, 0) is 18.2 Å². The van der Waals surface area contributed by atoms with Crippen molar-refractivity contribution in [3.8, 4) is 5.75 Å². The van der Waals surface area contributed by atoms with Crippen molar-refractivity contribution in [3.05, 3.63) is 29.8 Å². The third-order valence-electron chi connectivity index (χ3n) is 3.88. The number of carboxylic acids is 1. The fourth-order valence-electron chi connectivity index (χ4n) is 2.43. The second kappa shape index (κ2) is 7.93. The maximum Gasteiger partial charge on any atom is 0.335 e. The molecule has 1 aliphatic heterocycles. The topological polar surface area (TPSA) is 90.4 Å². The summed E-state index contributed by atoms with van der Waals surface area (Å²) in [5.41, 5.74) is 0.190. The second-order valence-electron chi connectivity index (χ2n) is 5.71. The molecule has 0 radical (unpaired) electrons. The molecule has 1 fully saturated rings. The third kappa shape index (κ3) is 4.67. The minimum absolute atomic E-state index is 0.190. The quantitative estimate of drug-likeness (QED) is 0.749. The molecule has 134 valence electrons. The van der Waals surface area contributed by atoms with Crippen LogP contribution in [0.4, 0.5) is 0 Å². The molecule has 1 saturated heterocycles. The Hall–Kier alpha value is -1.68. The molecule has 0 atom stereocenters. The summed E-state index contributed by atoms with van der Waals surface area (Å²) in [7, 11) is -0.290. The molecule has 24 heavy (non-hydrogen) atoms. The van der Waals surface area contributed by atoms with Gasteiger partial charge in [-0.2, -0.15) is 17.0 Å². The van der Waals surface area contributed by atoms with Gasteiger partial charge in [-0.15, -0.1) is 0 Å². The molecule has 0 saturated carbocycles. The molecule has 0 spiro atoms. The Bertz CT molecular complexity index is 669. The van der Waals surface area contributed by atoms with Crippen molar-refractivity contribution in [2.75, 3.05) is 53.4 Å². The second-order valence-corrected chi connectivity index (χ2v) is 7.85. The first-order valence-corrected chi connectivity index (χ1v) is 9.06. The highest BCUT2D eigenvalue weighted by Gasteiger charge is 2.28. The smallest absolute Gasteiger partial charge is 0.335 e. The number of aromatic carboxylic acids is 1. The fourth-order valence-corrected chi connectivity index (χ4v) is 3.51. The molecular formula is C15H23N3O5S. The van der Waals surface area contributed by atoms with E-state index in [9.17, 15) is 13.2 Å². The van der Waals surface area contributed by atoms with E-state index in [-0.39, 0.29) is 5.56 Å². The van der Waals surface area contributed by atoms with Gasteiger partial charge in [0.1, 0.15) is 12.4 Å². The molecular weight excluding hydrogens is 334 g/mol. The SMILES string of the molecule is CN(C)S(=O)(=O)N1CCN(CCOc2cccc(C(=O)O)c2)CC1. The molecule has 9 heteroatoms. The minimum atomic E-state index is -3.35.